The number of benzene rings is 1. The largest absolute Gasteiger partial charge is 0.573 e. The van der Waals surface area contributed by atoms with Gasteiger partial charge in [0.1, 0.15) is 18.0 Å². The van der Waals surface area contributed by atoms with Gasteiger partial charge in [0.15, 0.2) is 18.4 Å². The normalized spacial score (nSPS) is 20.7. The monoisotopic (exact) mass is 477 g/mol. The molecule has 1 saturated carbocycles. The van der Waals surface area contributed by atoms with Gasteiger partial charge >= 0.3 is 12.4 Å². The average molecular weight is 478 g/mol. The molecule has 1 aromatic heterocycles. The summed E-state index contributed by atoms with van der Waals surface area (Å²) in [6.45, 7) is 1.64. The van der Waals surface area contributed by atoms with E-state index in [-0.39, 0.29) is 5.69 Å². The number of halogens is 3. The molecule has 2 unspecified atom stereocenters. The number of carbonyl (C=O) groups is 2. The molecule has 0 bridgehead atoms. The number of aromatic nitrogens is 1. The number of hydrogen-bond donors (Lipinski definition) is 1. The summed E-state index contributed by atoms with van der Waals surface area (Å²) in [4.78, 5) is 28.7. The van der Waals surface area contributed by atoms with Crippen LogP contribution in [0.4, 0.5) is 23.7 Å². The van der Waals surface area contributed by atoms with Crippen LogP contribution in [0.15, 0.2) is 48.8 Å². The number of rotatable bonds is 6. The summed E-state index contributed by atoms with van der Waals surface area (Å²) >= 11 is 0. The molecule has 0 spiro atoms. The van der Waals surface area contributed by atoms with Crippen LogP contribution in [-0.2, 0) is 4.79 Å². The lowest BCUT2D eigenvalue weighted by Gasteiger charge is -2.29. The number of nitrogens with zero attached hydrogens (tertiary/aromatic N) is 3. The first-order valence-corrected chi connectivity index (χ1v) is 11.4. The number of imide groups is 1. The van der Waals surface area contributed by atoms with Gasteiger partial charge < -0.3 is 4.74 Å². The number of amides is 3. The number of nitrogens with one attached hydrogen (secondary N) is 1. The third-order valence-corrected chi connectivity index (χ3v) is 6.48. The Hall–Kier alpha value is -3.14. The Morgan fingerprint density at radius 1 is 1.03 bits per heavy atom. The fourth-order valence-corrected chi connectivity index (χ4v) is 4.77. The maximum Gasteiger partial charge on any atom is 0.573 e. The van der Waals surface area contributed by atoms with E-state index in [0.29, 0.717) is 6.04 Å². The Morgan fingerprint density at radius 2 is 1.65 bits per heavy atom. The molecule has 2 aliphatic rings. The summed E-state index contributed by atoms with van der Waals surface area (Å²) < 4.78 is 43.4. The second kappa shape index (κ2) is 9.61. The van der Waals surface area contributed by atoms with Crippen molar-refractivity contribution in [3.05, 3.63) is 54.4 Å². The molecular formula is C24H28F3N4O3+. The molecule has 34 heavy (non-hydrogen) atoms. The minimum absolute atomic E-state index is 0.178. The molecule has 0 radical (unpaired) electrons. The number of hydrogen-bond acceptors (Lipinski definition) is 4. The van der Waals surface area contributed by atoms with E-state index >= 15 is 0 Å². The van der Waals surface area contributed by atoms with Gasteiger partial charge in [0.05, 0.1) is 5.69 Å². The van der Waals surface area contributed by atoms with E-state index in [0.717, 1.165) is 35.4 Å². The summed E-state index contributed by atoms with van der Waals surface area (Å²) in [6, 6.07) is 7.74. The van der Waals surface area contributed by atoms with E-state index in [1.165, 1.54) is 36.3 Å². The van der Waals surface area contributed by atoms with Gasteiger partial charge in [-0.05, 0) is 51.1 Å². The molecule has 2 fully saturated rings. The van der Waals surface area contributed by atoms with E-state index in [9.17, 15) is 22.8 Å². The molecular weight excluding hydrogens is 449 g/mol. The Bertz CT molecular complexity index is 1020. The van der Waals surface area contributed by atoms with E-state index in [1.807, 2.05) is 24.5 Å². The topological polar surface area (TPSA) is 65.8 Å². The van der Waals surface area contributed by atoms with Crippen LogP contribution in [0, 0.1) is 0 Å². The van der Waals surface area contributed by atoms with Crippen molar-refractivity contribution in [2.45, 2.75) is 63.6 Å². The highest BCUT2D eigenvalue weighted by Crippen LogP contribution is 2.33. The molecule has 1 N–H and O–H groups in total. The SMILES string of the molecule is CNC(c1cc[n+](C2CCCCC2)cc1)N1C(=O)N(c2ccc(OC(F)(F)F)cc2)C(=O)C1C. The molecule has 1 aliphatic carbocycles. The maximum absolute atomic E-state index is 13.3. The first-order valence-electron chi connectivity index (χ1n) is 11.4. The van der Waals surface area contributed by atoms with Crippen LogP contribution in [0.3, 0.4) is 0 Å². The molecule has 1 saturated heterocycles. The number of ether oxygens (including phenoxy) is 1. The van der Waals surface area contributed by atoms with Crippen molar-refractivity contribution in [2.75, 3.05) is 11.9 Å². The predicted molar refractivity (Wildman–Crippen MR) is 118 cm³/mol. The van der Waals surface area contributed by atoms with Gasteiger partial charge in [-0.25, -0.2) is 14.3 Å². The minimum Gasteiger partial charge on any atom is -0.406 e. The maximum atomic E-state index is 13.3. The lowest BCUT2D eigenvalue weighted by atomic mass is 9.95. The van der Waals surface area contributed by atoms with Crippen molar-refractivity contribution in [1.29, 1.82) is 0 Å². The first-order chi connectivity index (χ1) is 16.2. The zero-order chi connectivity index (χ0) is 24.5. The Balaban J connectivity index is 1.54. The van der Waals surface area contributed by atoms with E-state index in [4.69, 9.17) is 0 Å². The number of urea groups is 1. The third kappa shape index (κ3) is 4.86. The third-order valence-electron chi connectivity index (χ3n) is 6.48. The molecule has 1 aromatic carbocycles. The highest BCUT2D eigenvalue weighted by molar-refractivity contribution is 6.21. The van der Waals surface area contributed by atoms with E-state index < -0.39 is 36.3 Å². The predicted octanol–water partition coefficient (Wildman–Crippen LogP) is 4.45. The van der Waals surface area contributed by atoms with Crippen LogP contribution >= 0.6 is 0 Å². The van der Waals surface area contributed by atoms with Crippen LogP contribution in [0.5, 0.6) is 5.75 Å². The fourth-order valence-electron chi connectivity index (χ4n) is 4.77. The van der Waals surface area contributed by atoms with Crippen molar-refractivity contribution >= 4 is 17.6 Å². The number of pyridine rings is 1. The average Bonchev–Trinajstić information content (AvgIpc) is 3.04. The van der Waals surface area contributed by atoms with Gasteiger partial charge in [-0.2, -0.15) is 0 Å². The Kier molecular flexibility index (Phi) is 6.79. The van der Waals surface area contributed by atoms with Crippen molar-refractivity contribution in [3.63, 3.8) is 0 Å². The van der Waals surface area contributed by atoms with Gasteiger partial charge in [-0.3, -0.25) is 15.0 Å². The molecule has 2 atom stereocenters. The lowest BCUT2D eigenvalue weighted by molar-refractivity contribution is -0.725. The zero-order valence-electron chi connectivity index (χ0n) is 19.1. The van der Waals surface area contributed by atoms with Gasteiger partial charge in [-0.1, -0.05) is 6.42 Å². The molecule has 2 aromatic rings. The standard InChI is InChI=1S/C24H28F3N4O3/c1-16-22(32)31(19-8-10-20(11-9-19)34-24(25,26)27)23(33)30(16)21(28-2)17-12-14-29(15-13-17)18-6-4-3-5-7-18/h8-16,18,21,28H,3-7H2,1-2H3/q+1. The zero-order valence-corrected chi connectivity index (χ0v) is 19.1. The highest BCUT2D eigenvalue weighted by atomic mass is 19.4. The molecule has 182 valence electrons. The van der Waals surface area contributed by atoms with E-state index in [1.54, 1.807) is 14.0 Å². The molecule has 10 heteroatoms. The Labute approximate surface area is 196 Å². The van der Waals surface area contributed by atoms with Gasteiger partial charge in [-0.15, -0.1) is 13.2 Å². The summed E-state index contributed by atoms with van der Waals surface area (Å²) in [5.41, 5.74) is 1.01. The summed E-state index contributed by atoms with van der Waals surface area (Å²) in [6.07, 6.45) is 4.67. The van der Waals surface area contributed by atoms with Crippen molar-refractivity contribution in [2.24, 2.45) is 0 Å². The van der Waals surface area contributed by atoms with Crippen molar-refractivity contribution < 1.29 is 32.1 Å². The first kappa shape index (κ1) is 24.0. The molecule has 4 rings (SSSR count). The van der Waals surface area contributed by atoms with Crippen LogP contribution in [-0.4, -0.2) is 36.3 Å². The number of carbonyl (C=O) groups excluding carboxylic acids is 2. The molecule has 7 nitrogen and oxygen atoms in total. The lowest BCUT2D eigenvalue weighted by Crippen LogP contribution is -2.44. The quantitative estimate of drug-likeness (QED) is 0.493. The second-order valence-corrected chi connectivity index (χ2v) is 8.64. The van der Waals surface area contributed by atoms with Gasteiger partial charge in [0.2, 0.25) is 0 Å². The van der Waals surface area contributed by atoms with Crippen LogP contribution < -0.4 is 19.5 Å². The smallest absolute Gasteiger partial charge is 0.406 e. The van der Waals surface area contributed by atoms with Crippen LogP contribution in [0.2, 0.25) is 0 Å². The minimum atomic E-state index is -4.82. The highest BCUT2D eigenvalue weighted by Gasteiger charge is 2.47. The van der Waals surface area contributed by atoms with Crippen molar-refractivity contribution in [3.8, 4) is 5.75 Å². The summed E-state index contributed by atoms with van der Waals surface area (Å²) in [7, 11) is 1.71. The van der Waals surface area contributed by atoms with E-state index in [2.05, 4.69) is 14.6 Å². The summed E-state index contributed by atoms with van der Waals surface area (Å²) in [5, 5.41) is 3.12. The molecule has 1 aliphatic heterocycles. The van der Waals surface area contributed by atoms with Gasteiger partial charge in [0, 0.05) is 30.5 Å². The number of anilines is 1. The van der Waals surface area contributed by atoms with Gasteiger partial charge in [0.25, 0.3) is 5.91 Å². The second-order valence-electron chi connectivity index (χ2n) is 8.64. The van der Waals surface area contributed by atoms with Crippen LogP contribution in [0.1, 0.15) is 56.8 Å². The molecule has 3 amide bonds. The summed E-state index contributed by atoms with van der Waals surface area (Å²) in [5.74, 6) is -0.883. The van der Waals surface area contributed by atoms with Crippen molar-refractivity contribution in [1.82, 2.24) is 10.2 Å². The van der Waals surface area contributed by atoms with Crippen LogP contribution in [0.25, 0.3) is 0 Å². The Morgan fingerprint density at radius 3 is 2.21 bits per heavy atom. The molecule has 2 heterocycles. The fraction of sp³-hybridized carbons (Fsp3) is 0.458. The number of alkyl halides is 3.